The van der Waals surface area contributed by atoms with E-state index in [1.807, 2.05) is 38.1 Å². The van der Waals surface area contributed by atoms with Gasteiger partial charge in [0.15, 0.2) is 5.76 Å². The maximum atomic E-state index is 13.0. The Hall–Kier alpha value is -3.08. The van der Waals surface area contributed by atoms with Crippen LogP contribution in [-0.4, -0.2) is 48.6 Å². The van der Waals surface area contributed by atoms with E-state index in [-0.39, 0.29) is 37.0 Å². The van der Waals surface area contributed by atoms with E-state index in [1.165, 1.54) is 4.31 Å². The number of pyridine rings is 1. The zero-order chi connectivity index (χ0) is 26.0. The summed E-state index contributed by atoms with van der Waals surface area (Å²) in [7, 11) is 1.57. The lowest BCUT2D eigenvalue weighted by molar-refractivity contribution is -0.137. The molecule has 192 valence electrons. The van der Waals surface area contributed by atoms with E-state index >= 15 is 0 Å². The summed E-state index contributed by atoms with van der Waals surface area (Å²) in [6, 6.07) is 7.84. The van der Waals surface area contributed by atoms with Crippen molar-refractivity contribution in [2.75, 3.05) is 13.6 Å². The van der Waals surface area contributed by atoms with Crippen molar-refractivity contribution < 1.29 is 27.9 Å². The van der Waals surface area contributed by atoms with Gasteiger partial charge in [-0.05, 0) is 62.6 Å². The molecule has 2 heterocycles. The van der Waals surface area contributed by atoms with E-state index in [4.69, 9.17) is 14.5 Å². The Morgan fingerprint density at radius 2 is 2.00 bits per heavy atom. The first-order valence-electron chi connectivity index (χ1n) is 12.0. The molecule has 0 aliphatic heterocycles. The first-order valence-corrected chi connectivity index (χ1v) is 13.0. The van der Waals surface area contributed by atoms with Crippen molar-refractivity contribution in [3.8, 4) is 11.3 Å². The number of carboxylic acids is 1. The number of unbranched alkanes of at least 4 members (excludes halogenated alkanes) is 1. The van der Waals surface area contributed by atoms with Gasteiger partial charge in [0.2, 0.25) is 5.71 Å². The first kappa shape index (κ1) is 26.0. The zero-order valence-electron chi connectivity index (χ0n) is 20.6. The highest BCUT2D eigenvalue weighted by molar-refractivity contribution is 7.76. The van der Waals surface area contributed by atoms with Crippen molar-refractivity contribution in [3.63, 3.8) is 0 Å². The fourth-order valence-corrected chi connectivity index (χ4v) is 5.00. The maximum absolute atomic E-state index is 13.0. The number of hydrogen-bond donors (Lipinski definition) is 2. The molecule has 1 amide bonds. The van der Waals surface area contributed by atoms with E-state index < -0.39 is 17.2 Å². The molecule has 0 bridgehead atoms. The van der Waals surface area contributed by atoms with Crippen LogP contribution in [0, 0.1) is 13.8 Å². The molecule has 1 aromatic carbocycles. The van der Waals surface area contributed by atoms with Crippen LogP contribution < -0.4 is 5.32 Å². The number of fused-ring (bicyclic) bond motifs is 1. The molecule has 3 aromatic rings. The van der Waals surface area contributed by atoms with Crippen LogP contribution in [0.4, 0.5) is 0 Å². The number of furan rings is 1. The molecule has 1 fully saturated rings. The van der Waals surface area contributed by atoms with Gasteiger partial charge in [0.25, 0.3) is 5.91 Å². The smallest absolute Gasteiger partial charge is 0.303 e. The molecule has 1 aliphatic rings. The molecular formula is C26H30N3O6S-. The second-order valence-corrected chi connectivity index (χ2v) is 10.2. The van der Waals surface area contributed by atoms with Gasteiger partial charge in [0, 0.05) is 36.8 Å². The van der Waals surface area contributed by atoms with Crippen LogP contribution in [0.1, 0.15) is 70.8 Å². The minimum Gasteiger partial charge on any atom is -0.760 e. The largest absolute Gasteiger partial charge is 0.760 e. The molecule has 1 aliphatic carbocycles. The van der Waals surface area contributed by atoms with Crippen molar-refractivity contribution in [1.29, 1.82) is 0 Å². The van der Waals surface area contributed by atoms with E-state index in [2.05, 4.69) is 5.32 Å². The number of aryl methyl sites for hydroxylation is 2. The van der Waals surface area contributed by atoms with Crippen molar-refractivity contribution in [2.45, 2.75) is 58.4 Å². The van der Waals surface area contributed by atoms with Crippen LogP contribution in [0.5, 0.6) is 0 Å². The summed E-state index contributed by atoms with van der Waals surface area (Å²) in [5.41, 5.74) is 5.07. The van der Waals surface area contributed by atoms with Crippen LogP contribution in [0.2, 0.25) is 0 Å². The van der Waals surface area contributed by atoms with E-state index in [1.54, 1.807) is 7.05 Å². The number of carboxylic acid groups (broad SMARTS) is 1. The lowest BCUT2D eigenvalue weighted by Gasteiger charge is -2.24. The van der Waals surface area contributed by atoms with Gasteiger partial charge in [-0.3, -0.25) is 13.8 Å². The average Bonchev–Trinajstić information content (AvgIpc) is 3.60. The fourth-order valence-electron chi connectivity index (χ4n) is 4.50. The Morgan fingerprint density at radius 1 is 1.25 bits per heavy atom. The molecule has 1 unspecified atom stereocenters. The van der Waals surface area contributed by atoms with Crippen molar-refractivity contribution in [1.82, 2.24) is 14.6 Å². The third kappa shape index (κ3) is 5.66. The van der Waals surface area contributed by atoms with Crippen LogP contribution in [-0.2, 0) is 22.6 Å². The number of benzene rings is 1. The molecule has 0 spiro atoms. The topological polar surface area (TPSA) is 136 Å². The Bertz CT molecular complexity index is 1330. The Morgan fingerprint density at radius 3 is 2.61 bits per heavy atom. The minimum atomic E-state index is -2.49. The summed E-state index contributed by atoms with van der Waals surface area (Å²) in [5, 5.41) is 12.1. The summed E-state index contributed by atoms with van der Waals surface area (Å²) in [4.78, 5) is 28.5. The molecular weight excluding hydrogens is 482 g/mol. The highest BCUT2D eigenvalue weighted by Gasteiger charge is 2.31. The standard InChI is InChI=1S/C26H31N3O6S/c1-15-7-10-18(16(2)12-15)24-23(25(32)27-3)20-13-19(17-8-9-17)21(28-26(20)35-24)14-29(36(33)34)11-5-4-6-22(30)31/h7,10,12-13,17H,4-6,8-9,11,14H2,1-3H3,(H,27,32)(H,30,31)(H,33,34)/p-1. The number of aliphatic carboxylic acids is 1. The number of aromatic nitrogens is 1. The second-order valence-electron chi connectivity index (χ2n) is 9.29. The molecule has 0 radical (unpaired) electrons. The summed E-state index contributed by atoms with van der Waals surface area (Å²) < 4.78 is 31.3. The van der Waals surface area contributed by atoms with Gasteiger partial charge < -0.3 is 19.4 Å². The van der Waals surface area contributed by atoms with Crippen molar-refractivity contribution in [2.24, 2.45) is 0 Å². The number of rotatable bonds is 11. The zero-order valence-corrected chi connectivity index (χ0v) is 21.4. The number of hydrogen-bond acceptors (Lipinski definition) is 6. The predicted molar refractivity (Wildman–Crippen MR) is 135 cm³/mol. The normalized spacial score (nSPS) is 14.4. The van der Waals surface area contributed by atoms with Crippen LogP contribution in [0.3, 0.4) is 0 Å². The Balaban J connectivity index is 1.77. The molecule has 4 rings (SSSR count). The van der Waals surface area contributed by atoms with Crippen molar-refractivity contribution >= 4 is 34.2 Å². The molecule has 2 N–H and O–H groups in total. The van der Waals surface area contributed by atoms with Gasteiger partial charge in [0.05, 0.1) is 23.2 Å². The van der Waals surface area contributed by atoms with Gasteiger partial charge in [0.1, 0.15) is 0 Å². The van der Waals surface area contributed by atoms with Crippen LogP contribution in [0.25, 0.3) is 22.4 Å². The van der Waals surface area contributed by atoms with Crippen LogP contribution in [0.15, 0.2) is 28.7 Å². The molecule has 2 aromatic heterocycles. The number of nitrogens with zero attached hydrogens (tertiary/aromatic N) is 2. The number of carbonyl (C=O) groups is 2. The summed E-state index contributed by atoms with van der Waals surface area (Å²) in [6.07, 6.45) is 2.75. The average molecular weight is 513 g/mol. The maximum Gasteiger partial charge on any atom is 0.303 e. The minimum absolute atomic E-state index is 0.00721. The monoisotopic (exact) mass is 512 g/mol. The predicted octanol–water partition coefficient (Wildman–Crippen LogP) is 4.20. The Labute approximate surface area is 212 Å². The van der Waals surface area contributed by atoms with Crippen molar-refractivity contribution in [3.05, 3.63) is 52.2 Å². The lowest BCUT2D eigenvalue weighted by Crippen LogP contribution is -2.27. The van der Waals surface area contributed by atoms with E-state index in [0.29, 0.717) is 35.2 Å². The number of nitrogens with one attached hydrogen (secondary N) is 1. The molecule has 0 saturated heterocycles. The molecule has 9 nitrogen and oxygen atoms in total. The quantitative estimate of drug-likeness (QED) is 0.290. The third-order valence-corrected chi connectivity index (χ3v) is 7.21. The van der Waals surface area contributed by atoms with E-state index in [0.717, 1.165) is 35.1 Å². The number of carbonyl (C=O) groups excluding carboxylic acids is 1. The van der Waals surface area contributed by atoms with Gasteiger partial charge in [-0.1, -0.05) is 23.8 Å². The second kappa shape index (κ2) is 10.9. The molecule has 10 heteroatoms. The third-order valence-electron chi connectivity index (χ3n) is 6.48. The van der Waals surface area contributed by atoms with Crippen LogP contribution >= 0.6 is 0 Å². The number of amides is 1. The lowest BCUT2D eigenvalue weighted by atomic mass is 9.98. The highest BCUT2D eigenvalue weighted by Crippen LogP contribution is 2.44. The van der Waals surface area contributed by atoms with Gasteiger partial charge in [-0.25, -0.2) is 9.29 Å². The molecule has 1 atom stereocenters. The highest BCUT2D eigenvalue weighted by atomic mass is 32.2. The van der Waals surface area contributed by atoms with E-state index in [9.17, 15) is 18.4 Å². The Kier molecular flexibility index (Phi) is 7.87. The summed E-state index contributed by atoms with van der Waals surface area (Å²) in [5.74, 6) is -0.493. The first-order chi connectivity index (χ1) is 17.2. The molecule has 36 heavy (non-hydrogen) atoms. The van der Waals surface area contributed by atoms with Gasteiger partial charge in [-0.15, -0.1) is 0 Å². The van der Waals surface area contributed by atoms with Gasteiger partial charge in [-0.2, -0.15) is 0 Å². The summed E-state index contributed by atoms with van der Waals surface area (Å²) in [6.45, 7) is 4.21. The fraction of sp³-hybridized carbons (Fsp3) is 0.423. The SMILES string of the molecule is CNC(=O)c1c(-c2ccc(C)cc2C)oc2nc(CN(CCCCC(=O)O)S(=O)[O-])c(C3CC3)cc12. The molecule has 1 saturated carbocycles. The van der Waals surface area contributed by atoms with Gasteiger partial charge >= 0.3 is 5.97 Å². The summed E-state index contributed by atoms with van der Waals surface area (Å²) >= 11 is -2.49.